The Morgan fingerprint density at radius 2 is 0.564 bits per heavy atom. The van der Waals surface area contributed by atoms with Crippen molar-refractivity contribution in [2.45, 2.75) is 157 Å². The molecule has 2 heteroatoms. The van der Waals surface area contributed by atoms with E-state index in [9.17, 15) is 0 Å². The first-order chi connectivity index (χ1) is 17.1. The molecule has 0 bridgehead atoms. The highest BCUT2D eigenvalue weighted by Crippen LogP contribution is 2.88. The van der Waals surface area contributed by atoms with Crippen molar-refractivity contribution in [1.29, 1.82) is 0 Å². The average molecular weight is 567 g/mol. The minimum absolute atomic E-state index is 0.123. The molecule has 39 heavy (non-hydrogen) atoms. The molecule has 1 aliphatic rings. The molecule has 3 rings (SSSR count). The van der Waals surface area contributed by atoms with E-state index in [4.69, 9.17) is 0 Å². The van der Waals surface area contributed by atoms with Gasteiger partial charge in [-0.1, -0.05) is 149 Å². The summed E-state index contributed by atoms with van der Waals surface area (Å²) in [5.74, 6) is 1.38. The highest BCUT2D eigenvalue weighted by atomic mass is 32.1. The summed E-state index contributed by atoms with van der Waals surface area (Å²) in [7, 11) is -0.407. The van der Waals surface area contributed by atoms with Gasteiger partial charge in [0, 0.05) is 5.90 Å². The standard InChI is InChI=1S/C37H60P2/c1-32(2,3)24-19-26(34(7,8)9)30(27(20-24)35(10,11)12)38-23-39(38)31-28(36(13,14)15)21-25(33(4,5)6)22-29(31)37(16,17)18/h19-22H,23H2,1-18H3. The average Bonchev–Trinajstić information content (AvgIpc) is 3.48. The SMILES string of the molecule is CC(C)(C)c1cc(C(C)(C)C)c(P2CP2c2c(C(C)(C)C)cc(C(C)(C)C)cc2C(C)(C)C)c(C(C)(C)C)c1. The third-order valence-corrected chi connectivity index (χ3v) is 15.2. The molecule has 0 aliphatic carbocycles. The molecular weight excluding hydrogens is 506 g/mol. The fourth-order valence-electron chi connectivity index (χ4n) is 5.46. The van der Waals surface area contributed by atoms with Gasteiger partial charge < -0.3 is 0 Å². The summed E-state index contributed by atoms with van der Waals surface area (Å²) in [6.45, 7) is 43.5. The number of hydrogen-bond acceptors (Lipinski definition) is 0. The zero-order valence-corrected chi connectivity index (χ0v) is 30.7. The van der Waals surface area contributed by atoms with Crippen LogP contribution in [0, 0.1) is 0 Å². The van der Waals surface area contributed by atoms with Crippen molar-refractivity contribution in [3.63, 3.8) is 0 Å². The molecule has 2 aromatic carbocycles. The molecular formula is C37H60P2. The monoisotopic (exact) mass is 566 g/mol. The Labute approximate surface area is 246 Å². The smallest absolute Gasteiger partial charge is 0.00440 e. The van der Waals surface area contributed by atoms with Crippen molar-refractivity contribution in [1.82, 2.24) is 0 Å². The van der Waals surface area contributed by atoms with Crippen LogP contribution in [0.15, 0.2) is 24.3 Å². The lowest BCUT2D eigenvalue weighted by Gasteiger charge is -2.35. The second kappa shape index (κ2) is 9.95. The van der Waals surface area contributed by atoms with E-state index >= 15 is 0 Å². The second-order valence-electron chi connectivity index (χ2n) is 18.3. The van der Waals surface area contributed by atoms with Crippen LogP contribution in [0.25, 0.3) is 0 Å². The van der Waals surface area contributed by atoms with Crippen molar-refractivity contribution < 1.29 is 0 Å². The lowest BCUT2D eigenvalue weighted by Crippen LogP contribution is -2.31. The van der Waals surface area contributed by atoms with Crippen LogP contribution in [0.1, 0.15) is 158 Å². The summed E-state index contributed by atoms with van der Waals surface area (Å²) in [6.07, 6.45) is 0. The Bertz CT molecular complexity index is 1050. The van der Waals surface area contributed by atoms with Crippen LogP contribution >= 0.6 is 15.2 Å². The molecule has 2 aromatic rings. The predicted molar refractivity (Wildman–Crippen MR) is 183 cm³/mol. The van der Waals surface area contributed by atoms with E-state index in [2.05, 4.69) is 149 Å². The first-order valence-electron chi connectivity index (χ1n) is 15.1. The van der Waals surface area contributed by atoms with Gasteiger partial charge in [0.15, 0.2) is 0 Å². The van der Waals surface area contributed by atoms with Crippen molar-refractivity contribution >= 4 is 25.8 Å². The molecule has 2 atom stereocenters. The van der Waals surface area contributed by atoms with Gasteiger partial charge in [-0.2, -0.15) is 0 Å². The molecule has 0 amide bonds. The largest absolute Gasteiger partial charge is 0.0561 e. The fraction of sp³-hybridized carbons (Fsp3) is 0.676. The summed E-state index contributed by atoms with van der Waals surface area (Å²) >= 11 is 0. The molecule has 1 heterocycles. The number of hydrogen-bond donors (Lipinski definition) is 0. The van der Waals surface area contributed by atoms with Gasteiger partial charge in [0.1, 0.15) is 0 Å². The van der Waals surface area contributed by atoms with E-state index in [-0.39, 0.29) is 47.7 Å². The van der Waals surface area contributed by atoms with Crippen LogP contribution in [0.3, 0.4) is 0 Å². The van der Waals surface area contributed by atoms with Crippen molar-refractivity contribution in [3.05, 3.63) is 57.6 Å². The lowest BCUT2D eigenvalue weighted by atomic mass is 9.75. The van der Waals surface area contributed by atoms with Crippen molar-refractivity contribution in [2.24, 2.45) is 0 Å². The van der Waals surface area contributed by atoms with Gasteiger partial charge in [-0.25, -0.2) is 0 Å². The highest BCUT2D eigenvalue weighted by molar-refractivity contribution is 8.51. The van der Waals surface area contributed by atoms with Crippen LogP contribution in [-0.2, 0) is 32.5 Å². The van der Waals surface area contributed by atoms with Crippen molar-refractivity contribution in [3.8, 4) is 0 Å². The zero-order valence-electron chi connectivity index (χ0n) is 28.9. The minimum atomic E-state index is -0.203. The third-order valence-electron chi connectivity index (χ3n) is 8.17. The van der Waals surface area contributed by atoms with E-state index in [0.29, 0.717) is 0 Å². The Balaban J connectivity index is 2.38. The quantitative estimate of drug-likeness (QED) is 0.317. The Morgan fingerprint density at radius 3 is 0.718 bits per heavy atom. The molecule has 1 saturated heterocycles. The Kier molecular flexibility index (Phi) is 8.37. The first kappa shape index (κ1) is 32.8. The highest BCUT2D eigenvalue weighted by Gasteiger charge is 2.48. The lowest BCUT2D eigenvalue weighted by molar-refractivity contribution is 0.553. The van der Waals surface area contributed by atoms with Crippen LogP contribution < -0.4 is 10.6 Å². The minimum Gasteiger partial charge on any atom is -0.0561 e. The summed E-state index contributed by atoms with van der Waals surface area (Å²) < 4.78 is 0. The maximum Gasteiger partial charge on any atom is 0.00440 e. The van der Waals surface area contributed by atoms with Gasteiger partial charge in [0.25, 0.3) is 0 Å². The van der Waals surface area contributed by atoms with Gasteiger partial charge in [0.2, 0.25) is 0 Å². The molecule has 0 aromatic heterocycles. The van der Waals surface area contributed by atoms with Crippen LogP contribution in [0.2, 0.25) is 0 Å². The van der Waals surface area contributed by atoms with Crippen LogP contribution in [0.4, 0.5) is 0 Å². The van der Waals surface area contributed by atoms with Crippen LogP contribution in [-0.4, -0.2) is 5.90 Å². The molecule has 2 unspecified atom stereocenters. The Hall–Kier alpha value is -0.700. The maximum atomic E-state index is 2.59. The molecule has 0 radical (unpaired) electrons. The van der Waals surface area contributed by atoms with Gasteiger partial charge >= 0.3 is 0 Å². The molecule has 0 saturated carbocycles. The van der Waals surface area contributed by atoms with E-state index < -0.39 is 0 Å². The maximum absolute atomic E-state index is 2.59. The summed E-state index contributed by atoms with van der Waals surface area (Å²) in [5.41, 5.74) is 10.2. The van der Waals surface area contributed by atoms with E-state index in [0.717, 1.165) is 0 Å². The molecule has 1 aliphatic heterocycles. The van der Waals surface area contributed by atoms with E-state index in [1.807, 2.05) is 0 Å². The number of benzene rings is 2. The molecule has 0 N–H and O–H groups in total. The number of rotatable bonds is 2. The normalized spacial score (nSPS) is 19.4. The molecule has 0 spiro atoms. The Morgan fingerprint density at radius 1 is 0.359 bits per heavy atom. The van der Waals surface area contributed by atoms with Gasteiger partial charge in [-0.3, -0.25) is 0 Å². The van der Waals surface area contributed by atoms with Crippen molar-refractivity contribution in [2.75, 3.05) is 5.90 Å². The zero-order chi connectivity index (χ0) is 30.3. The van der Waals surface area contributed by atoms with Gasteiger partial charge in [0.05, 0.1) is 0 Å². The molecule has 0 nitrogen and oxygen atoms in total. The van der Waals surface area contributed by atoms with E-state index in [1.54, 1.807) is 32.9 Å². The third kappa shape index (κ3) is 7.03. The van der Waals surface area contributed by atoms with Gasteiger partial charge in [-0.05, 0) is 91.7 Å². The first-order valence-corrected chi connectivity index (χ1v) is 18.8. The topological polar surface area (TPSA) is 0 Å². The summed E-state index contributed by atoms with van der Waals surface area (Å²) in [6, 6.07) is 10.4. The summed E-state index contributed by atoms with van der Waals surface area (Å²) in [5, 5.41) is 3.48. The van der Waals surface area contributed by atoms with Crippen LogP contribution in [0.5, 0.6) is 0 Å². The summed E-state index contributed by atoms with van der Waals surface area (Å²) in [4.78, 5) is 0. The molecule has 1 fully saturated rings. The fourth-order valence-corrected chi connectivity index (χ4v) is 14.5. The van der Waals surface area contributed by atoms with Gasteiger partial charge in [-0.15, -0.1) is 0 Å². The van der Waals surface area contributed by atoms with E-state index in [1.165, 1.54) is 17.0 Å². The predicted octanol–water partition coefficient (Wildman–Crippen LogP) is 11.3. The second-order valence-corrected chi connectivity index (χ2v) is 24.8. The molecule has 218 valence electrons.